The summed E-state index contributed by atoms with van der Waals surface area (Å²) in [5.41, 5.74) is -1.55. The number of fused-ring (bicyclic) bond motifs is 4. The van der Waals surface area contributed by atoms with Crippen molar-refractivity contribution >= 4 is 28.4 Å². The van der Waals surface area contributed by atoms with Gasteiger partial charge in [-0.25, -0.2) is 17.6 Å². The summed E-state index contributed by atoms with van der Waals surface area (Å²) in [6.07, 6.45) is 0.202. The van der Waals surface area contributed by atoms with Crippen LogP contribution in [0.3, 0.4) is 0 Å². The Morgan fingerprint density at radius 2 is 1.81 bits per heavy atom. The Hall–Kier alpha value is -3.95. The summed E-state index contributed by atoms with van der Waals surface area (Å²) in [5.74, 6) is -2.79. The molecule has 0 radical (unpaired) electrons. The SMILES string of the molecule is CN(C(=O)c1cc2cccc(C(F)F)n2c1)[C@@]1(C(C)(C)C)C=NCc2[nH]c(=O)c3cc(F)c(F)cc3c21. The van der Waals surface area contributed by atoms with E-state index < -0.39 is 40.5 Å². The molecule has 0 saturated heterocycles. The number of nitrogens with one attached hydrogen (secondary N) is 1. The maximum atomic E-state index is 14.5. The van der Waals surface area contributed by atoms with Crippen molar-refractivity contribution in [2.75, 3.05) is 7.05 Å². The molecular formula is C27H24F4N4O2. The second-order valence-electron chi connectivity index (χ2n) is 10.2. The molecule has 37 heavy (non-hydrogen) atoms. The fourth-order valence-electron chi connectivity index (χ4n) is 5.39. The number of halogens is 4. The van der Waals surface area contributed by atoms with Crippen molar-refractivity contribution in [2.24, 2.45) is 10.4 Å². The zero-order valence-corrected chi connectivity index (χ0v) is 20.6. The lowest BCUT2D eigenvalue weighted by atomic mass is 9.66. The third-order valence-corrected chi connectivity index (χ3v) is 7.16. The van der Waals surface area contributed by atoms with Crippen molar-refractivity contribution < 1.29 is 22.4 Å². The highest BCUT2D eigenvalue weighted by atomic mass is 19.3. The molecule has 1 aliphatic rings. The summed E-state index contributed by atoms with van der Waals surface area (Å²) in [6.45, 7) is 5.66. The van der Waals surface area contributed by atoms with Gasteiger partial charge in [-0.15, -0.1) is 0 Å². The van der Waals surface area contributed by atoms with Gasteiger partial charge in [-0.1, -0.05) is 26.8 Å². The number of hydrogen-bond donors (Lipinski definition) is 1. The fourth-order valence-corrected chi connectivity index (χ4v) is 5.39. The first kappa shape index (κ1) is 24.7. The molecule has 1 amide bonds. The Morgan fingerprint density at radius 1 is 1.14 bits per heavy atom. The predicted molar refractivity (Wildman–Crippen MR) is 132 cm³/mol. The van der Waals surface area contributed by atoms with Gasteiger partial charge in [-0.3, -0.25) is 14.6 Å². The summed E-state index contributed by atoms with van der Waals surface area (Å²) >= 11 is 0. The molecule has 4 aromatic rings. The van der Waals surface area contributed by atoms with Crippen molar-refractivity contribution in [2.45, 2.75) is 39.3 Å². The van der Waals surface area contributed by atoms with Crippen LogP contribution < -0.4 is 5.56 Å². The topological polar surface area (TPSA) is 69.9 Å². The Kier molecular flexibility index (Phi) is 5.54. The average Bonchev–Trinajstić information content (AvgIpc) is 3.27. The predicted octanol–water partition coefficient (Wildman–Crippen LogP) is 5.59. The quantitative estimate of drug-likeness (QED) is 0.364. The molecule has 0 unspecified atom stereocenters. The van der Waals surface area contributed by atoms with E-state index in [1.54, 1.807) is 19.3 Å². The lowest BCUT2D eigenvalue weighted by Gasteiger charge is -2.50. The van der Waals surface area contributed by atoms with Crippen molar-refractivity contribution in [3.63, 3.8) is 0 Å². The van der Waals surface area contributed by atoms with Crippen LogP contribution in [0.4, 0.5) is 17.6 Å². The molecular weight excluding hydrogens is 488 g/mol. The molecule has 1 atom stereocenters. The number of benzene rings is 1. The fraction of sp³-hybridized carbons (Fsp3) is 0.296. The lowest BCUT2D eigenvalue weighted by Crippen LogP contribution is -2.58. The number of aromatic nitrogens is 2. The minimum Gasteiger partial charge on any atom is -0.326 e. The Bertz CT molecular complexity index is 1670. The Morgan fingerprint density at radius 3 is 2.46 bits per heavy atom. The zero-order chi connectivity index (χ0) is 26.9. The number of amides is 1. The average molecular weight is 513 g/mol. The van der Waals surface area contributed by atoms with Gasteiger partial charge in [0.25, 0.3) is 17.9 Å². The molecule has 0 fully saturated rings. The van der Waals surface area contributed by atoms with Crippen LogP contribution in [0, 0.1) is 17.0 Å². The van der Waals surface area contributed by atoms with E-state index in [0.717, 1.165) is 12.1 Å². The molecule has 4 heterocycles. The summed E-state index contributed by atoms with van der Waals surface area (Å²) in [4.78, 5) is 35.3. The van der Waals surface area contributed by atoms with Crippen molar-refractivity contribution in [1.82, 2.24) is 14.3 Å². The zero-order valence-electron chi connectivity index (χ0n) is 20.6. The molecule has 5 rings (SSSR count). The molecule has 3 aromatic heterocycles. The van der Waals surface area contributed by atoms with E-state index in [-0.39, 0.29) is 28.6 Å². The summed E-state index contributed by atoms with van der Waals surface area (Å²) < 4.78 is 57.0. The first-order valence-electron chi connectivity index (χ1n) is 11.6. The van der Waals surface area contributed by atoms with Crippen LogP contribution in [0.2, 0.25) is 0 Å². The normalized spacial score (nSPS) is 17.5. The van der Waals surface area contributed by atoms with Crippen LogP contribution in [-0.2, 0) is 12.1 Å². The number of aromatic amines is 1. The van der Waals surface area contributed by atoms with E-state index in [0.29, 0.717) is 16.8 Å². The van der Waals surface area contributed by atoms with Gasteiger partial charge in [0.1, 0.15) is 5.54 Å². The van der Waals surface area contributed by atoms with Gasteiger partial charge in [0.2, 0.25) is 0 Å². The Labute approximate surface area is 209 Å². The van der Waals surface area contributed by atoms with Gasteiger partial charge >= 0.3 is 0 Å². The number of nitrogens with zero attached hydrogens (tertiary/aromatic N) is 3. The molecule has 10 heteroatoms. The van der Waals surface area contributed by atoms with Crippen LogP contribution in [0.5, 0.6) is 0 Å². The summed E-state index contributed by atoms with van der Waals surface area (Å²) in [7, 11) is 1.54. The number of pyridine rings is 2. The first-order valence-corrected chi connectivity index (χ1v) is 11.6. The van der Waals surface area contributed by atoms with Gasteiger partial charge in [-0.05, 0) is 41.1 Å². The van der Waals surface area contributed by atoms with E-state index in [1.165, 1.54) is 33.7 Å². The van der Waals surface area contributed by atoms with E-state index >= 15 is 0 Å². The smallest absolute Gasteiger partial charge is 0.278 e. The summed E-state index contributed by atoms with van der Waals surface area (Å²) in [6, 6.07) is 7.73. The molecule has 6 nitrogen and oxygen atoms in total. The van der Waals surface area contributed by atoms with Crippen LogP contribution in [0.25, 0.3) is 16.3 Å². The second kappa shape index (κ2) is 8.29. The molecule has 1 N–H and O–H groups in total. The van der Waals surface area contributed by atoms with E-state index in [2.05, 4.69) is 9.98 Å². The third-order valence-electron chi connectivity index (χ3n) is 7.16. The van der Waals surface area contributed by atoms with Crippen LogP contribution in [0.1, 0.15) is 54.5 Å². The molecule has 0 bridgehead atoms. The minimum absolute atomic E-state index is 0.0568. The standard InChI is InChI=1S/C27H24F4N4O2/c1-26(2,3)27(34(4)25(37)14-8-15-6-5-7-21(23(30)31)35(15)12-14)13-32-11-20-22(27)16-9-18(28)19(29)10-17(16)24(36)33-20/h5-10,12-13,23H,11H2,1-4H3,(H,33,36)/t27-/m0/s1. The van der Waals surface area contributed by atoms with E-state index in [1.807, 2.05) is 20.8 Å². The van der Waals surface area contributed by atoms with Gasteiger partial charge in [-0.2, -0.15) is 0 Å². The lowest BCUT2D eigenvalue weighted by molar-refractivity contribution is 0.0432. The first-order chi connectivity index (χ1) is 17.4. The number of rotatable bonds is 3. The highest BCUT2D eigenvalue weighted by molar-refractivity contribution is 6.01. The van der Waals surface area contributed by atoms with Crippen LogP contribution in [-0.4, -0.2) is 33.5 Å². The van der Waals surface area contributed by atoms with Crippen LogP contribution >= 0.6 is 0 Å². The van der Waals surface area contributed by atoms with Gasteiger partial charge in [0.15, 0.2) is 11.6 Å². The number of hydrogen-bond acceptors (Lipinski definition) is 3. The minimum atomic E-state index is -2.74. The van der Waals surface area contributed by atoms with E-state index in [4.69, 9.17) is 0 Å². The molecule has 1 aromatic carbocycles. The summed E-state index contributed by atoms with van der Waals surface area (Å²) in [5, 5.41) is 0.110. The van der Waals surface area contributed by atoms with Crippen molar-refractivity contribution in [3.05, 3.63) is 87.1 Å². The number of alkyl halides is 2. The van der Waals surface area contributed by atoms with Gasteiger partial charge in [0.05, 0.1) is 23.2 Å². The van der Waals surface area contributed by atoms with Crippen molar-refractivity contribution in [3.8, 4) is 0 Å². The maximum Gasteiger partial charge on any atom is 0.278 e. The highest BCUT2D eigenvalue weighted by Gasteiger charge is 2.51. The van der Waals surface area contributed by atoms with Crippen LogP contribution in [0.15, 0.2) is 52.4 Å². The number of carbonyl (C=O) groups is 1. The second-order valence-corrected chi connectivity index (χ2v) is 10.2. The monoisotopic (exact) mass is 512 g/mol. The molecule has 0 spiro atoms. The van der Waals surface area contributed by atoms with Crippen molar-refractivity contribution in [1.29, 1.82) is 0 Å². The number of H-pyrrole nitrogens is 1. The number of aliphatic imine (C=N–C) groups is 1. The van der Waals surface area contributed by atoms with Gasteiger partial charge in [0, 0.05) is 36.2 Å². The third kappa shape index (κ3) is 3.57. The largest absolute Gasteiger partial charge is 0.326 e. The number of carbonyl (C=O) groups excluding carboxylic acids is 1. The Balaban J connectivity index is 1.77. The molecule has 1 aliphatic heterocycles. The van der Waals surface area contributed by atoms with E-state index in [9.17, 15) is 27.2 Å². The van der Waals surface area contributed by atoms with Gasteiger partial charge < -0.3 is 14.3 Å². The maximum absolute atomic E-state index is 14.5. The molecule has 0 aliphatic carbocycles. The molecule has 192 valence electrons. The highest BCUT2D eigenvalue weighted by Crippen LogP contribution is 2.48. The molecule has 0 saturated carbocycles.